The van der Waals surface area contributed by atoms with Crippen LogP contribution in [0.1, 0.15) is 44.5 Å². The number of rotatable bonds is 10. The molecule has 2 rings (SSSR count). The first-order valence-corrected chi connectivity index (χ1v) is 11.4. The van der Waals surface area contributed by atoms with Crippen LogP contribution in [0.5, 0.6) is 0 Å². The van der Waals surface area contributed by atoms with Gasteiger partial charge in [0.25, 0.3) is 0 Å². The van der Waals surface area contributed by atoms with Crippen molar-refractivity contribution in [1.29, 1.82) is 0 Å². The molecule has 0 saturated carbocycles. The standard InChI is InChI=1S/C21H38N4O2S/c1-5-22-21(24-13-18(26)15-27-14-16(2)3)23-12-17-8-6-10-25(4)20(17)19-9-7-11-28-19/h7,9,11,16-18,20,26H,5-6,8,10,12-15H2,1-4H3,(H2,22,23,24). The summed E-state index contributed by atoms with van der Waals surface area (Å²) in [6.45, 7) is 10.4. The van der Waals surface area contributed by atoms with Gasteiger partial charge in [-0.25, -0.2) is 0 Å². The van der Waals surface area contributed by atoms with E-state index < -0.39 is 6.10 Å². The highest BCUT2D eigenvalue weighted by atomic mass is 32.1. The Morgan fingerprint density at radius 3 is 2.89 bits per heavy atom. The number of hydrogen-bond acceptors (Lipinski definition) is 5. The highest BCUT2D eigenvalue weighted by molar-refractivity contribution is 7.10. The molecule has 0 radical (unpaired) electrons. The molecular formula is C21H38N4O2S. The largest absolute Gasteiger partial charge is 0.389 e. The molecule has 0 amide bonds. The van der Waals surface area contributed by atoms with Gasteiger partial charge in [-0.3, -0.25) is 9.89 Å². The number of guanidine groups is 1. The van der Waals surface area contributed by atoms with Crippen LogP contribution in [0.15, 0.2) is 22.5 Å². The predicted molar refractivity (Wildman–Crippen MR) is 118 cm³/mol. The minimum Gasteiger partial charge on any atom is -0.389 e. The average molecular weight is 411 g/mol. The zero-order valence-corrected chi connectivity index (χ0v) is 18.7. The third-order valence-electron chi connectivity index (χ3n) is 4.94. The summed E-state index contributed by atoms with van der Waals surface area (Å²) in [7, 11) is 2.23. The minimum atomic E-state index is -0.575. The highest BCUT2D eigenvalue weighted by Crippen LogP contribution is 2.36. The number of hydrogen-bond donors (Lipinski definition) is 3. The van der Waals surface area contributed by atoms with Crippen LogP contribution >= 0.6 is 11.3 Å². The van der Waals surface area contributed by atoms with Gasteiger partial charge in [0.1, 0.15) is 0 Å². The van der Waals surface area contributed by atoms with E-state index >= 15 is 0 Å². The molecule has 1 fully saturated rings. The molecule has 0 aliphatic carbocycles. The van der Waals surface area contributed by atoms with E-state index in [0.717, 1.165) is 25.6 Å². The third-order valence-corrected chi connectivity index (χ3v) is 5.88. The molecular weight excluding hydrogens is 372 g/mol. The van der Waals surface area contributed by atoms with Crippen LogP contribution in [0.2, 0.25) is 0 Å². The average Bonchev–Trinajstić information content (AvgIpc) is 3.18. The second-order valence-corrected chi connectivity index (χ2v) is 9.01. The molecule has 1 aromatic rings. The van der Waals surface area contributed by atoms with Gasteiger partial charge in [0.15, 0.2) is 5.96 Å². The van der Waals surface area contributed by atoms with E-state index in [2.05, 4.69) is 65.9 Å². The number of likely N-dealkylation sites (tertiary alicyclic amines) is 1. The molecule has 1 aliphatic heterocycles. The van der Waals surface area contributed by atoms with Crippen molar-refractivity contribution in [2.24, 2.45) is 16.8 Å². The molecule has 1 saturated heterocycles. The van der Waals surface area contributed by atoms with Gasteiger partial charge in [-0.15, -0.1) is 11.3 Å². The summed E-state index contributed by atoms with van der Waals surface area (Å²) >= 11 is 1.84. The van der Waals surface area contributed by atoms with Crippen molar-refractivity contribution in [3.8, 4) is 0 Å². The Hall–Kier alpha value is -1.15. The van der Waals surface area contributed by atoms with E-state index in [1.807, 2.05) is 11.3 Å². The molecule has 3 N–H and O–H groups in total. The maximum absolute atomic E-state index is 10.1. The van der Waals surface area contributed by atoms with Gasteiger partial charge < -0.3 is 20.5 Å². The van der Waals surface area contributed by atoms with E-state index in [0.29, 0.717) is 37.6 Å². The summed E-state index contributed by atoms with van der Waals surface area (Å²) in [6.07, 6.45) is 1.86. The first-order valence-electron chi connectivity index (χ1n) is 10.5. The van der Waals surface area contributed by atoms with Crippen LogP contribution < -0.4 is 10.6 Å². The Labute approximate surface area is 174 Å². The van der Waals surface area contributed by atoms with Crippen LogP contribution in [0, 0.1) is 11.8 Å². The molecule has 3 unspecified atom stereocenters. The molecule has 1 aromatic heterocycles. The Morgan fingerprint density at radius 1 is 1.39 bits per heavy atom. The fourth-order valence-electron chi connectivity index (χ4n) is 3.64. The molecule has 1 aliphatic rings. The van der Waals surface area contributed by atoms with Crippen LogP contribution in [-0.4, -0.2) is 68.5 Å². The number of ether oxygens (including phenoxy) is 1. The van der Waals surface area contributed by atoms with Gasteiger partial charge in [-0.05, 0) is 56.6 Å². The lowest BCUT2D eigenvalue weighted by Crippen LogP contribution is -2.45. The molecule has 0 aromatic carbocycles. The monoisotopic (exact) mass is 410 g/mol. The molecule has 0 bridgehead atoms. The van der Waals surface area contributed by atoms with Gasteiger partial charge in [0.2, 0.25) is 0 Å². The van der Waals surface area contributed by atoms with Crippen LogP contribution in [0.25, 0.3) is 0 Å². The maximum Gasteiger partial charge on any atom is 0.191 e. The smallest absolute Gasteiger partial charge is 0.191 e. The number of piperidine rings is 1. The second-order valence-electron chi connectivity index (χ2n) is 8.03. The number of aliphatic hydroxyl groups excluding tert-OH is 1. The number of nitrogens with zero attached hydrogens (tertiary/aromatic N) is 2. The zero-order chi connectivity index (χ0) is 20.4. The Morgan fingerprint density at radius 2 is 2.21 bits per heavy atom. The number of aliphatic imine (C=N–C) groups is 1. The van der Waals surface area contributed by atoms with E-state index in [-0.39, 0.29) is 0 Å². The van der Waals surface area contributed by atoms with Gasteiger partial charge >= 0.3 is 0 Å². The zero-order valence-electron chi connectivity index (χ0n) is 17.9. The van der Waals surface area contributed by atoms with E-state index in [1.54, 1.807) is 0 Å². The molecule has 0 spiro atoms. The van der Waals surface area contributed by atoms with Crippen molar-refractivity contribution in [3.63, 3.8) is 0 Å². The van der Waals surface area contributed by atoms with Crippen molar-refractivity contribution in [3.05, 3.63) is 22.4 Å². The van der Waals surface area contributed by atoms with Crippen molar-refractivity contribution >= 4 is 17.3 Å². The van der Waals surface area contributed by atoms with Crippen molar-refractivity contribution < 1.29 is 9.84 Å². The molecule has 2 heterocycles. The van der Waals surface area contributed by atoms with Crippen molar-refractivity contribution in [2.45, 2.75) is 45.8 Å². The molecule has 160 valence electrons. The summed E-state index contributed by atoms with van der Waals surface area (Å²) in [5.41, 5.74) is 0. The maximum atomic E-state index is 10.1. The van der Waals surface area contributed by atoms with Crippen LogP contribution in [-0.2, 0) is 4.74 Å². The quantitative estimate of drug-likeness (QED) is 0.409. The van der Waals surface area contributed by atoms with E-state index in [1.165, 1.54) is 17.7 Å². The third kappa shape index (κ3) is 7.70. The minimum absolute atomic E-state index is 0.328. The van der Waals surface area contributed by atoms with Gasteiger partial charge in [-0.1, -0.05) is 19.9 Å². The van der Waals surface area contributed by atoms with Gasteiger partial charge in [0.05, 0.1) is 19.3 Å². The normalized spacial score (nSPS) is 22.4. The molecule has 7 heteroatoms. The highest BCUT2D eigenvalue weighted by Gasteiger charge is 2.31. The summed E-state index contributed by atoms with van der Waals surface area (Å²) in [6, 6.07) is 4.84. The first-order chi connectivity index (χ1) is 13.5. The van der Waals surface area contributed by atoms with Crippen molar-refractivity contribution in [2.75, 3.05) is 46.4 Å². The van der Waals surface area contributed by atoms with Gasteiger partial charge in [0, 0.05) is 30.6 Å². The second kappa shape index (κ2) is 12.4. The first kappa shape index (κ1) is 23.1. The summed E-state index contributed by atoms with van der Waals surface area (Å²) in [4.78, 5) is 8.47. The fourth-order valence-corrected chi connectivity index (χ4v) is 4.62. The van der Waals surface area contributed by atoms with E-state index in [4.69, 9.17) is 4.74 Å². The Balaban J connectivity index is 1.88. The molecule has 3 atom stereocenters. The summed E-state index contributed by atoms with van der Waals surface area (Å²) in [5, 5.41) is 19.1. The summed E-state index contributed by atoms with van der Waals surface area (Å²) in [5.74, 6) is 1.78. The Bertz CT molecular complexity index is 565. The van der Waals surface area contributed by atoms with E-state index in [9.17, 15) is 5.11 Å². The fraction of sp³-hybridized carbons (Fsp3) is 0.762. The van der Waals surface area contributed by atoms with Crippen LogP contribution in [0.3, 0.4) is 0 Å². The molecule has 6 nitrogen and oxygen atoms in total. The van der Waals surface area contributed by atoms with Crippen LogP contribution in [0.4, 0.5) is 0 Å². The molecule has 28 heavy (non-hydrogen) atoms. The topological polar surface area (TPSA) is 69.1 Å². The predicted octanol–water partition coefficient (Wildman–Crippen LogP) is 2.72. The SMILES string of the molecule is CCNC(=NCC(O)COCC(C)C)NCC1CCCN(C)C1c1cccs1. The van der Waals surface area contributed by atoms with Crippen molar-refractivity contribution in [1.82, 2.24) is 15.5 Å². The number of thiophene rings is 1. The summed E-state index contributed by atoms with van der Waals surface area (Å²) < 4.78 is 5.51. The lowest BCUT2D eigenvalue weighted by Gasteiger charge is -2.39. The number of nitrogens with one attached hydrogen (secondary N) is 2. The number of aliphatic hydroxyl groups is 1. The Kier molecular flexibility index (Phi) is 10.3. The lowest BCUT2D eigenvalue weighted by molar-refractivity contribution is 0.0301. The van der Waals surface area contributed by atoms with Gasteiger partial charge in [-0.2, -0.15) is 0 Å². The lowest BCUT2D eigenvalue weighted by atomic mass is 9.88.